The summed E-state index contributed by atoms with van der Waals surface area (Å²) in [6.07, 6.45) is -8.58. The molecule has 2 aliphatic heterocycles. The van der Waals surface area contributed by atoms with E-state index in [0.717, 1.165) is 11.8 Å². The lowest BCUT2D eigenvalue weighted by atomic mass is 9.90. The van der Waals surface area contributed by atoms with Gasteiger partial charge in [-0.15, -0.1) is 0 Å². The molecular formula is C47H35F6N7O7S2. The lowest BCUT2D eigenvalue weighted by Crippen LogP contribution is -2.40. The monoisotopic (exact) mass is 987 g/mol. The Morgan fingerprint density at radius 3 is 2.32 bits per heavy atom. The molecule has 0 saturated heterocycles. The molecule has 354 valence electrons. The van der Waals surface area contributed by atoms with Crippen molar-refractivity contribution in [1.82, 2.24) is 24.4 Å². The fourth-order valence-corrected chi connectivity index (χ4v) is 9.50. The minimum atomic E-state index is -5.10. The molecule has 0 saturated carbocycles. The molecule has 0 atom stereocenters. The van der Waals surface area contributed by atoms with Gasteiger partial charge in [0, 0.05) is 58.4 Å². The number of carboxylic acids is 1. The van der Waals surface area contributed by atoms with Crippen molar-refractivity contribution in [3.05, 3.63) is 118 Å². The summed E-state index contributed by atoms with van der Waals surface area (Å²) in [6, 6.07) is 17.2. The molecule has 0 unspecified atom stereocenters. The minimum absolute atomic E-state index is 0.0147. The average molecular weight is 988 g/mol. The van der Waals surface area contributed by atoms with E-state index in [0.29, 0.717) is 58.5 Å². The number of phenols is 1. The predicted molar refractivity (Wildman–Crippen MR) is 248 cm³/mol. The number of thiocarbonyl (C=S) groups is 1. The van der Waals surface area contributed by atoms with Gasteiger partial charge >= 0.3 is 18.3 Å². The molecule has 0 radical (unpaired) electrons. The van der Waals surface area contributed by atoms with Gasteiger partial charge in [-0.2, -0.15) is 26.3 Å². The maximum Gasteiger partial charge on any atom is 0.416 e. The first-order chi connectivity index (χ1) is 32.7. The summed E-state index contributed by atoms with van der Waals surface area (Å²) < 4.78 is 103. The number of benzene rings is 5. The van der Waals surface area contributed by atoms with Crippen LogP contribution in [0.2, 0.25) is 0 Å². The van der Waals surface area contributed by atoms with Crippen LogP contribution >= 0.6 is 24.0 Å². The summed E-state index contributed by atoms with van der Waals surface area (Å²) in [5, 5.41) is 24.9. The number of hydrogen-bond donors (Lipinski definition) is 4. The maximum absolute atomic E-state index is 14.0. The summed E-state index contributed by atoms with van der Waals surface area (Å²) in [4.78, 5) is 40.4. The summed E-state index contributed by atoms with van der Waals surface area (Å²) in [5.41, 5.74) is 4.79. The van der Waals surface area contributed by atoms with E-state index >= 15 is 0 Å². The molecule has 22 heteroatoms. The van der Waals surface area contributed by atoms with E-state index in [9.17, 15) is 46.1 Å². The van der Waals surface area contributed by atoms with Crippen LogP contribution in [0.3, 0.4) is 0 Å². The average Bonchev–Trinajstić information content (AvgIpc) is 3.90. The van der Waals surface area contributed by atoms with E-state index in [1.54, 1.807) is 28.8 Å². The number of alkyl halides is 6. The third-order valence-corrected chi connectivity index (χ3v) is 12.6. The molecule has 5 N–H and O–H groups in total. The zero-order valence-corrected chi connectivity index (χ0v) is 37.5. The predicted octanol–water partition coefficient (Wildman–Crippen LogP) is 10.8. The van der Waals surface area contributed by atoms with Gasteiger partial charge in [0.2, 0.25) is 6.79 Å². The van der Waals surface area contributed by atoms with Crippen LogP contribution in [0.4, 0.5) is 37.8 Å². The number of fused-ring (bicyclic) bond motifs is 4. The second-order valence-electron chi connectivity index (χ2n) is 16.0. The molecule has 6 aromatic rings. The van der Waals surface area contributed by atoms with Gasteiger partial charge in [0.15, 0.2) is 44.2 Å². The number of aromatic nitrogens is 4. The van der Waals surface area contributed by atoms with E-state index < -0.39 is 29.4 Å². The van der Waals surface area contributed by atoms with Crippen LogP contribution in [0.5, 0.6) is 17.2 Å². The van der Waals surface area contributed by atoms with Gasteiger partial charge in [0.1, 0.15) is 23.4 Å². The third kappa shape index (κ3) is 9.23. The van der Waals surface area contributed by atoms with E-state index in [1.165, 1.54) is 48.8 Å². The normalized spacial score (nSPS) is 12.7. The molecule has 0 spiro atoms. The lowest BCUT2D eigenvalue weighted by molar-refractivity contribution is -0.143. The summed E-state index contributed by atoms with van der Waals surface area (Å²) in [6.45, 7) is 4.11. The number of nitrogens with one attached hydrogen (secondary N) is 1. The molecule has 0 bridgehead atoms. The number of carboxylic acid groups (broad SMARTS) is 1. The van der Waals surface area contributed by atoms with Gasteiger partial charge in [-0.3, -0.25) is 4.79 Å². The van der Waals surface area contributed by atoms with Crippen molar-refractivity contribution in [1.29, 1.82) is 0 Å². The topological polar surface area (TPSA) is 191 Å². The Hall–Kier alpha value is -7.59. The molecule has 4 aromatic carbocycles. The molecule has 2 aromatic heterocycles. The highest BCUT2D eigenvalue weighted by atomic mass is 32.2. The number of ether oxygens (including phenoxy) is 2. The first-order valence-corrected chi connectivity index (χ1v) is 22.0. The zero-order valence-electron chi connectivity index (χ0n) is 35.9. The van der Waals surface area contributed by atoms with Crippen LogP contribution in [0, 0.1) is 0 Å². The second kappa shape index (κ2) is 17.8. The second-order valence-corrected chi connectivity index (χ2v) is 17.4. The molecule has 4 heterocycles. The van der Waals surface area contributed by atoms with Gasteiger partial charge in [0.25, 0.3) is 0 Å². The third-order valence-electron chi connectivity index (χ3n) is 11.2. The fourth-order valence-electron chi connectivity index (χ4n) is 8.01. The molecule has 0 fully saturated rings. The van der Waals surface area contributed by atoms with Gasteiger partial charge in [-0.25, -0.2) is 19.7 Å². The van der Waals surface area contributed by atoms with Crippen molar-refractivity contribution < 1.29 is 55.2 Å². The van der Waals surface area contributed by atoms with Crippen molar-refractivity contribution in [3.63, 3.8) is 0 Å². The number of anilines is 2. The Morgan fingerprint density at radius 1 is 0.913 bits per heavy atom. The lowest BCUT2D eigenvalue weighted by Gasteiger charge is -2.30. The van der Waals surface area contributed by atoms with Crippen molar-refractivity contribution in [2.24, 2.45) is 0 Å². The highest BCUT2D eigenvalue weighted by Gasteiger charge is 2.38. The van der Waals surface area contributed by atoms with Crippen LogP contribution in [0.15, 0.2) is 111 Å². The number of nitrogens with two attached hydrogens (primary N) is 1. The maximum atomic E-state index is 14.0. The van der Waals surface area contributed by atoms with Crippen LogP contribution in [-0.4, -0.2) is 65.1 Å². The number of rotatable bonds is 11. The molecule has 0 amide bonds. The highest BCUT2D eigenvalue weighted by Crippen LogP contribution is 2.48. The number of halogens is 6. The number of hydrogen-bond acceptors (Lipinski definition) is 12. The van der Waals surface area contributed by atoms with E-state index in [-0.39, 0.29) is 103 Å². The first kappa shape index (κ1) is 46.5. The van der Waals surface area contributed by atoms with E-state index in [1.807, 2.05) is 18.7 Å². The molecule has 14 nitrogen and oxygen atoms in total. The standard InChI is InChI=1S/C47H35F6N7O7S2/c1-22(2)59(44(68)57-26-4-7-29(33(15-26)43(63)64)39-30-8-5-27(61)16-34(30)67-35-17-28(62)6-9-31(35)39)10-3-11-60-42-40(41(54)55-20-56-42)58-45(60)69-38-19-37-36(65-21-66-37)18-32(38)23-12-24(46(48,49)50)14-25(13-23)47(51,52)53/h4-9,12-20,22,61H,3,10-11,21H2,1-2H3,(H,57,68)(H,63,64)(H2,54,55,56). The number of nitrogens with zero attached hydrogens (tertiary/aromatic N) is 5. The molecule has 9 rings (SSSR count). The number of phenolic OH excluding ortho intramolecular Hbond substituents is 1. The smallest absolute Gasteiger partial charge is 0.416 e. The van der Waals surface area contributed by atoms with Crippen LogP contribution in [-0.2, 0) is 18.9 Å². The van der Waals surface area contributed by atoms with Crippen LogP contribution < -0.4 is 26.0 Å². The van der Waals surface area contributed by atoms with Gasteiger partial charge < -0.3 is 44.6 Å². The van der Waals surface area contributed by atoms with Gasteiger partial charge in [-0.1, -0.05) is 17.8 Å². The summed E-state index contributed by atoms with van der Waals surface area (Å²) >= 11 is 6.82. The highest BCUT2D eigenvalue weighted by molar-refractivity contribution is 7.99. The number of aromatic carboxylic acids is 1. The van der Waals surface area contributed by atoms with Crippen molar-refractivity contribution in [2.75, 3.05) is 24.4 Å². The first-order valence-electron chi connectivity index (χ1n) is 20.8. The molecule has 3 aliphatic rings. The molecule has 69 heavy (non-hydrogen) atoms. The van der Waals surface area contributed by atoms with Gasteiger partial charge in [-0.05, 0) is 116 Å². The SMILES string of the molecule is CC(C)N(CCCn1c(Sc2cc3c(cc2-c2cc(C(F)(F)F)cc(C(F)(F)F)c2)OCO3)nc2c(N)ncnc21)C(=S)Nc1ccc(-c2c3ccc(=O)cc-3oc3cc(O)ccc23)c(C(=O)O)c1. The van der Waals surface area contributed by atoms with Crippen molar-refractivity contribution in [2.45, 2.75) is 55.3 Å². The van der Waals surface area contributed by atoms with Crippen molar-refractivity contribution in [3.8, 4) is 50.8 Å². The molecule has 1 aliphatic carbocycles. The Bertz CT molecular complexity index is 3360. The van der Waals surface area contributed by atoms with E-state index in [4.69, 9.17) is 31.8 Å². The Balaban J connectivity index is 1.01. The number of imidazole rings is 1. The molecular weight excluding hydrogens is 953 g/mol. The quantitative estimate of drug-likeness (QED) is 0.0543. The Morgan fingerprint density at radius 2 is 1.62 bits per heavy atom. The van der Waals surface area contributed by atoms with E-state index in [2.05, 4.69) is 20.3 Å². The number of carbonyl (C=O) groups is 1. The summed E-state index contributed by atoms with van der Waals surface area (Å²) in [5.74, 6) is -0.782. The minimum Gasteiger partial charge on any atom is -0.508 e. The van der Waals surface area contributed by atoms with Crippen LogP contribution in [0.25, 0.3) is 55.7 Å². The zero-order chi connectivity index (χ0) is 49.1. The number of aryl methyl sites for hydroxylation is 1. The number of aromatic hydroxyl groups is 1. The fraction of sp³-hybridized carbons (Fsp3) is 0.191. The Kier molecular flexibility index (Phi) is 12.0. The van der Waals surface area contributed by atoms with Crippen LogP contribution in [0.1, 0.15) is 41.8 Å². The summed E-state index contributed by atoms with van der Waals surface area (Å²) in [7, 11) is 0. The Labute approximate surface area is 395 Å². The largest absolute Gasteiger partial charge is 0.508 e. The van der Waals surface area contributed by atoms with Gasteiger partial charge in [0.05, 0.1) is 16.7 Å². The number of nitrogen functional groups attached to an aromatic ring is 1. The van der Waals surface area contributed by atoms with Crippen molar-refractivity contribution >= 4 is 68.7 Å².